The third-order valence-electron chi connectivity index (χ3n) is 5.76. The van der Waals surface area contributed by atoms with Gasteiger partial charge in [-0.2, -0.15) is 0 Å². The van der Waals surface area contributed by atoms with E-state index >= 15 is 0 Å². The molecular weight excluding hydrogens is 416 g/mol. The first-order chi connectivity index (χ1) is 13.0. The van der Waals surface area contributed by atoms with Gasteiger partial charge in [0.2, 0.25) is 0 Å². The number of hydrogen-bond acceptors (Lipinski definition) is 3. The Morgan fingerprint density at radius 3 is 2.57 bits per heavy atom. The fourth-order valence-electron chi connectivity index (χ4n) is 4.36. The molecule has 0 spiro atoms. The minimum atomic E-state index is -1.00. The largest absolute Gasteiger partial charge is 1.00 e. The second kappa shape index (κ2) is 8.26. The van der Waals surface area contributed by atoms with Crippen LogP contribution in [0.1, 0.15) is 42.9 Å². The number of ether oxygens (including phenoxy) is 1. The number of nitrogens with zero attached hydrogens (tertiary/aromatic N) is 2. The summed E-state index contributed by atoms with van der Waals surface area (Å²) in [5.41, 5.74) is 3.62. The van der Waals surface area contributed by atoms with E-state index in [1.807, 2.05) is 31.2 Å². The van der Waals surface area contributed by atoms with Gasteiger partial charge in [0.25, 0.3) is 11.6 Å². The van der Waals surface area contributed by atoms with Crippen LogP contribution < -0.4 is 26.6 Å². The lowest BCUT2D eigenvalue weighted by Gasteiger charge is -2.24. The monoisotopic (exact) mass is 444 g/mol. The van der Waals surface area contributed by atoms with Crippen molar-refractivity contribution in [3.05, 3.63) is 59.2 Å². The Morgan fingerprint density at radius 1 is 1.11 bits per heavy atom. The minimum absolute atomic E-state index is 0. The van der Waals surface area contributed by atoms with E-state index in [-0.39, 0.29) is 17.0 Å². The van der Waals surface area contributed by atoms with Crippen molar-refractivity contribution < 1.29 is 31.4 Å². The van der Waals surface area contributed by atoms with Crippen molar-refractivity contribution in [1.82, 2.24) is 0 Å². The molecule has 28 heavy (non-hydrogen) atoms. The van der Waals surface area contributed by atoms with Gasteiger partial charge in [0.05, 0.1) is 13.2 Å². The summed E-state index contributed by atoms with van der Waals surface area (Å²) in [4.78, 5) is 2.33. The van der Waals surface area contributed by atoms with Gasteiger partial charge in [-0.15, -0.1) is 0 Å². The Kier molecular flexibility index (Phi) is 6.15. The van der Waals surface area contributed by atoms with Crippen molar-refractivity contribution in [1.29, 1.82) is 0 Å². The number of hydrogen-bond donors (Lipinski definition) is 1. The van der Waals surface area contributed by atoms with Gasteiger partial charge in [0.15, 0.2) is 6.54 Å². The maximum Gasteiger partial charge on any atom is 0.271 e. The van der Waals surface area contributed by atoms with Crippen molar-refractivity contribution in [2.75, 3.05) is 24.6 Å². The van der Waals surface area contributed by atoms with Gasteiger partial charge in [0, 0.05) is 12.0 Å². The lowest BCUT2D eigenvalue weighted by molar-refractivity contribution is -0.661. The molecule has 5 heteroatoms. The molecule has 1 unspecified atom stereocenters. The van der Waals surface area contributed by atoms with Crippen LogP contribution >= 0.6 is 0 Å². The van der Waals surface area contributed by atoms with Crippen LogP contribution in [0, 0.1) is 13.8 Å². The highest BCUT2D eigenvalue weighted by molar-refractivity contribution is 5.96. The van der Waals surface area contributed by atoms with Gasteiger partial charge in [0.1, 0.15) is 11.4 Å². The van der Waals surface area contributed by atoms with E-state index in [1.54, 1.807) is 0 Å². The number of benzene rings is 2. The molecule has 0 bridgehead atoms. The van der Waals surface area contributed by atoms with Crippen molar-refractivity contribution in [2.24, 2.45) is 0 Å². The summed E-state index contributed by atoms with van der Waals surface area (Å²) in [6, 6.07) is 14.5. The highest BCUT2D eigenvalue weighted by atomic mass is 79.9. The van der Waals surface area contributed by atoms with Gasteiger partial charge < -0.3 is 26.8 Å². The van der Waals surface area contributed by atoms with Crippen molar-refractivity contribution in [3.63, 3.8) is 0 Å². The van der Waals surface area contributed by atoms with E-state index in [1.165, 1.54) is 29.1 Å². The number of β-amino-alcohol motifs (C(OH)–C–C–N with tert-alkyl or cyclic N) is 1. The van der Waals surface area contributed by atoms with Crippen molar-refractivity contribution >= 4 is 11.5 Å². The predicted octanol–water partition coefficient (Wildman–Crippen LogP) is 0.966. The molecule has 0 aliphatic carbocycles. The molecule has 2 heterocycles. The van der Waals surface area contributed by atoms with Crippen LogP contribution in [-0.2, 0) is 5.72 Å². The SMILES string of the molecule is CCOc1ccc(C2(O)CN(c3cc(C)ccc3C)C3=[N+]2CCCC3)cc1.[Br-]. The fraction of sp³-hybridized carbons (Fsp3) is 0.435. The van der Waals surface area contributed by atoms with Gasteiger partial charge in [-0.3, -0.25) is 0 Å². The molecule has 0 saturated carbocycles. The van der Waals surface area contributed by atoms with Crippen LogP contribution in [0.2, 0.25) is 0 Å². The van der Waals surface area contributed by atoms with E-state index in [0.717, 1.165) is 30.7 Å². The summed E-state index contributed by atoms with van der Waals surface area (Å²) in [6.07, 6.45) is 3.29. The van der Waals surface area contributed by atoms with Crippen LogP contribution in [-0.4, -0.2) is 35.2 Å². The molecule has 1 atom stereocenters. The van der Waals surface area contributed by atoms with E-state index in [4.69, 9.17) is 4.74 Å². The maximum absolute atomic E-state index is 11.8. The first-order valence-corrected chi connectivity index (χ1v) is 9.97. The molecule has 0 amide bonds. The predicted molar refractivity (Wildman–Crippen MR) is 109 cm³/mol. The van der Waals surface area contributed by atoms with E-state index in [0.29, 0.717) is 13.2 Å². The Balaban J connectivity index is 0.00000225. The minimum Gasteiger partial charge on any atom is -1.00 e. The number of amidine groups is 1. The molecule has 150 valence electrons. The Morgan fingerprint density at radius 2 is 1.86 bits per heavy atom. The number of rotatable bonds is 4. The lowest BCUT2D eigenvalue weighted by atomic mass is 10.0. The molecule has 0 saturated heterocycles. The summed E-state index contributed by atoms with van der Waals surface area (Å²) in [5, 5.41) is 11.8. The van der Waals surface area contributed by atoms with E-state index in [9.17, 15) is 5.11 Å². The highest BCUT2D eigenvalue weighted by Crippen LogP contribution is 2.37. The molecule has 2 aliphatic rings. The average Bonchev–Trinajstić information content (AvgIpc) is 2.99. The summed E-state index contributed by atoms with van der Waals surface area (Å²) in [5.74, 6) is 2.09. The number of anilines is 1. The molecule has 4 rings (SSSR count). The second-order valence-corrected chi connectivity index (χ2v) is 7.68. The van der Waals surface area contributed by atoms with Crippen LogP contribution in [0.4, 0.5) is 5.69 Å². The lowest BCUT2D eigenvalue weighted by Crippen LogP contribution is -3.00. The standard InChI is InChI=1S/C23H29N2O2.BrH/c1-4-27-20-12-10-19(11-13-20)23(26)16-24(22-7-5-6-14-25(22)23)21-15-17(2)8-9-18(21)3;/h8-13,15,26H,4-7,14,16H2,1-3H3;1H/q+1;/p-1. The molecule has 0 fully saturated rings. The molecule has 4 nitrogen and oxygen atoms in total. The number of halogens is 1. The Bertz CT molecular complexity index is 879. The van der Waals surface area contributed by atoms with Crippen LogP contribution in [0.25, 0.3) is 0 Å². The third kappa shape index (κ3) is 3.58. The zero-order chi connectivity index (χ0) is 19.0. The zero-order valence-corrected chi connectivity index (χ0v) is 18.5. The fourth-order valence-corrected chi connectivity index (χ4v) is 4.36. The molecule has 1 N–H and O–H groups in total. The first kappa shape index (κ1) is 20.9. The number of aryl methyl sites for hydroxylation is 2. The summed E-state index contributed by atoms with van der Waals surface area (Å²) < 4.78 is 7.79. The summed E-state index contributed by atoms with van der Waals surface area (Å²) in [6.45, 7) is 8.35. The van der Waals surface area contributed by atoms with Gasteiger partial charge in [-0.25, -0.2) is 9.48 Å². The Labute approximate surface area is 178 Å². The second-order valence-electron chi connectivity index (χ2n) is 7.68. The van der Waals surface area contributed by atoms with Crippen molar-refractivity contribution in [3.8, 4) is 5.75 Å². The first-order valence-electron chi connectivity index (χ1n) is 9.97. The molecule has 0 aromatic heterocycles. The van der Waals surface area contributed by atoms with Crippen LogP contribution in [0.15, 0.2) is 42.5 Å². The van der Waals surface area contributed by atoms with Crippen LogP contribution in [0.5, 0.6) is 5.75 Å². The summed E-state index contributed by atoms with van der Waals surface area (Å²) in [7, 11) is 0. The van der Waals surface area contributed by atoms with E-state index in [2.05, 4.69) is 41.5 Å². The molecule has 2 aliphatic heterocycles. The van der Waals surface area contributed by atoms with Crippen LogP contribution in [0.3, 0.4) is 0 Å². The Hall–Kier alpha value is -1.85. The molecule has 2 aromatic carbocycles. The molecular formula is C23H29BrN2O2. The zero-order valence-electron chi connectivity index (χ0n) is 16.9. The van der Waals surface area contributed by atoms with Gasteiger partial charge >= 0.3 is 0 Å². The average molecular weight is 445 g/mol. The maximum atomic E-state index is 11.8. The number of aliphatic hydroxyl groups is 1. The van der Waals surface area contributed by atoms with Gasteiger partial charge in [-0.1, -0.05) is 12.1 Å². The highest BCUT2D eigenvalue weighted by Gasteiger charge is 2.52. The molecule has 2 aromatic rings. The third-order valence-corrected chi connectivity index (χ3v) is 5.76. The topological polar surface area (TPSA) is 35.7 Å². The smallest absolute Gasteiger partial charge is 0.271 e. The molecule has 0 radical (unpaired) electrons. The van der Waals surface area contributed by atoms with Crippen molar-refractivity contribution in [2.45, 2.75) is 45.8 Å². The quantitative estimate of drug-likeness (QED) is 0.713. The summed E-state index contributed by atoms with van der Waals surface area (Å²) >= 11 is 0. The normalized spacial score (nSPS) is 21.4. The van der Waals surface area contributed by atoms with Gasteiger partial charge in [-0.05, 0) is 75.1 Å². The van der Waals surface area contributed by atoms with E-state index < -0.39 is 5.72 Å².